The molecule has 0 unspecified atom stereocenters. The molecule has 6 heteroatoms. The van der Waals surface area contributed by atoms with E-state index in [2.05, 4.69) is 26.5 Å². The number of rotatable bonds is 5. The molecular weight excluding hydrogens is 358 g/mol. The summed E-state index contributed by atoms with van der Waals surface area (Å²) in [6.07, 6.45) is 0. The molecule has 1 amide bonds. The molecule has 2 aromatic carbocycles. The molecule has 0 bridgehead atoms. The van der Waals surface area contributed by atoms with Crippen LogP contribution >= 0.6 is 15.9 Å². The number of amides is 1. The van der Waals surface area contributed by atoms with Gasteiger partial charge in [0.1, 0.15) is 5.75 Å². The Balaban J connectivity index is 1.89. The molecule has 0 aliphatic rings. The summed E-state index contributed by atoms with van der Waals surface area (Å²) in [5.41, 5.74) is 11.5. The molecule has 2 aromatic rings. The van der Waals surface area contributed by atoms with Crippen LogP contribution in [0.15, 0.2) is 52.0 Å². The van der Waals surface area contributed by atoms with E-state index in [0.29, 0.717) is 17.1 Å². The smallest absolute Gasteiger partial charge is 0.277 e. The molecule has 0 aliphatic carbocycles. The SMILES string of the molecule is CC(=NNC(=O)COc1ccc(C)cc1Br)c1ccc(N)cc1. The Hall–Kier alpha value is -2.34. The van der Waals surface area contributed by atoms with Crippen molar-refractivity contribution in [1.29, 1.82) is 0 Å². The lowest BCUT2D eigenvalue weighted by Gasteiger charge is -2.08. The van der Waals surface area contributed by atoms with E-state index in [4.69, 9.17) is 10.5 Å². The van der Waals surface area contributed by atoms with Gasteiger partial charge in [-0.1, -0.05) is 18.2 Å². The minimum Gasteiger partial charge on any atom is -0.483 e. The van der Waals surface area contributed by atoms with E-state index in [1.807, 2.05) is 44.2 Å². The van der Waals surface area contributed by atoms with E-state index in [9.17, 15) is 4.79 Å². The van der Waals surface area contributed by atoms with Gasteiger partial charge in [0.05, 0.1) is 10.2 Å². The van der Waals surface area contributed by atoms with E-state index < -0.39 is 0 Å². The lowest BCUT2D eigenvalue weighted by atomic mass is 10.1. The first-order chi connectivity index (χ1) is 11.0. The number of nitrogens with two attached hydrogens (primary N) is 1. The fourth-order valence-corrected chi connectivity index (χ4v) is 2.44. The second-order valence-electron chi connectivity index (χ2n) is 5.08. The molecule has 0 aliphatic heterocycles. The second-order valence-corrected chi connectivity index (χ2v) is 5.93. The van der Waals surface area contributed by atoms with Crippen molar-refractivity contribution in [3.8, 4) is 5.75 Å². The maximum absolute atomic E-state index is 11.8. The first-order valence-electron chi connectivity index (χ1n) is 7.03. The van der Waals surface area contributed by atoms with Crippen LogP contribution in [-0.4, -0.2) is 18.2 Å². The van der Waals surface area contributed by atoms with Crippen molar-refractivity contribution in [1.82, 2.24) is 5.43 Å². The van der Waals surface area contributed by atoms with Crippen molar-refractivity contribution in [2.24, 2.45) is 5.10 Å². The standard InChI is InChI=1S/C17H18BrN3O2/c1-11-3-8-16(15(18)9-11)23-10-17(22)21-20-12(2)13-4-6-14(19)7-5-13/h3-9H,10,19H2,1-2H3,(H,21,22). The van der Waals surface area contributed by atoms with Crippen LogP contribution in [0.1, 0.15) is 18.1 Å². The Kier molecular flexibility index (Phi) is 5.76. The van der Waals surface area contributed by atoms with Gasteiger partial charge in [0, 0.05) is 5.69 Å². The summed E-state index contributed by atoms with van der Waals surface area (Å²) >= 11 is 3.40. The van der Waals surface area contributed by atoms with Gasteiger partial charge in [-0.2, -0.15) is 5.10 Å². The normalized spacial score (nSPS) is 11.2. The first-order valence-corrected chi connectivity index (χ1v) is 7.83. The van der Waals surface area contributed by atoms with Crippen LogP contribution in [0.4, 0.5) is 5.69 Å². The number of hydrazone groups is 1. The average molecular weight is 376 g/mol. The Labute approximate surface area is 143 Å². The molecule has 3 N–H and O–H groups in total. The summed E-state index contributed by atoms with van der Waals surface area (Å²) < 4.78 is 6.27. The number of nitrogen functional groups attached to an aromatic ring is 1. The Morgan fingerprint density at radius 1 is 1.26 bits per heavy atom. The molecule has 0 saturated heterocycles. The number of carbonyl (C=O) groups excluding carboxylic acids is 1. The maximum atomic E-state index is 11.8. The number of halogens is 1. The van der Waals surface area contributed by atoms with Gasteiger partial charge >= 0.3 is 0 Å². The van der Waals surface area contributed by atoms with Gasteiger partial charge in [0.2, 0.25) is 0 Å². The lowest BCUT2D eigenvalue weighted by molar-refractivity contribution is -0.123. The summed E-state index contributed by atoms with van der Waals surface area (Å²) in [4.78, 5) is 11.8. The van der Waals surface area contributed by atoms with Gasteiger partial charge in [-0.25, -0.2) is 5.43 Å². The van der Waals surface area contributed by atoms with E-state index >= 15 is 0 Å². The number of carbonyl (C=O) groups is 1. The molecule has 0 fully saturated rings. The number of aryl methyl sites for hydroxylation is 1. The van der Waals surface area contributed by atoms with E-state index in [1.165, 1.54) is 0 Å². The van der Waals surface area contributed by atoms with Gasteiger partial charge in [-0.3, -0.25) is 4.79 Å². The molecule has 0 atom stereocenters. The van der Waals surface area contributed by atoms with Crippen molar-refractivity contribution in [3.63, 3.8) is 0 Å². The third-order valence-electron chi connectivity index (χ3n) is 3.12. The fourth-order valence-electron chi connectivity index (χ4n) is 1.83. The molecule has 120 valence electrons. The Bertz CT molecular complexity index is 727. The van der Waals surface area contributed by atoms with Crippen LogP contribution in [0.3, 0.4) is 0 Å². The zero-order valence-electron chi connectivity index (χ0n) is 13.0. The van der Waals surface area contributed by atoms with Gasteiger partial charge in [0.15, 0.2) is 6.61 Å². The van der Waals surface area contributed by atoms with E-state index in [0.717, 1.165) is 15.6 Å². The highest BCUT2D eigenvalue weighted by atomic mass is 79.9. The van der Waals surface area contributed by atoms with Crippen molar-refractivity contribution < 1.29 is 9.53 Å². The van der Waals surface area contributed by atoms with Crippen LogP contribution in [0.2, 0.25) is 0 Å². The van der Waals surface area contributed by atoms with Crippen LogP contribution in [-0.2, 0) is 4.79 Å². The Morgan fingerprint density at radius 3 is 2.61 bits per heavy atom. The summed E-state index contributed by atoms with van der Waals surface area (Å²) in [6.45, 7) is 3.68. The summed E-state index contributed by atoms with van der Waals surface area (Å²) in [5, 5.41) is 4.06. The molecule has 0 radical (unpaired) electrons. The monoisotopic (exact) mass is 375 g/mol. The van der Waals surface area contributed by atoms with E-state index in [-0.39, 0.29) is 12.5 Å². The van der Waals surface area contributed by atoms with Crippen LogP contribution in [0.5, 0.6) is 5.75 Å². The van der Waals surface area contributed by atoms with Gasteiger partial charge in [-0.15, -0.1) is 0 Å². The lowest BCUT2D eigenvalue weighted by Crippen LogP contribution is -2.25. The van der Waals surface area contributed by atoms with E-state index in [1.54, 1.807) is 12.1 Å². The predicted molar refractivity (Wildman–Crippen MR) is 95.6 cm³/mol. The highest BCUT2D eigenvalue weighted by Crippen LogP contribution is 2.25. The molecular formula is C17H18BrN3O2. The minimum absolute atomic E-state index is 0.111. The highest BCUT2D eigenvalue weighted by molar-refractivity contribution is 9.10. The number of benzene rings is 2. The topological polar surface area (TPSA) is 76.7 Å². The quantitative estimate of drug-likeness (QED) is 0.478. The van der Waals surface area contributed by atoms with Crippen LogP contribution in [0, 0.1) is 6.92 Å². The average Bonchev–Trinajstić information content (AvgIpc) is 2.52. The van der Waals surface area contributed by atoms with Gasteiger partial charge < -0.3 is 10.5 Å². The number of ether oxygens (including phenoxy) is 1. The van der Waals surface area contributed by atoms with Crippen molar-refractivity contribution in [2.45, 2.75) is 13.8 Å². The number of nitrogens with one attached hydrogen (secondary N) is 1. The molecule has 0 spiro atoms. The summed E-state index contributed by atoms with van der Waals surface area (Å²) in [5.74, 6) is 0.289. The first kappa shape index (κ1) is 17.0. The molecule has 2 rings (SSSR count). The molecule has 0 saturated carbocycles. The zero-order valence-corrected chi connectivity index (χ0v) is 14.6. The largest absolute Gasteiger partial charge is 0.483 e. The zero-order chi connectivity index (χ0) is 16.8. The van der Waals surface area contributed by atoms with Crippen molar-refractivity contribution in [3.05, 3.63) is 58.1 Å². The highest BCUT2D eigenvalue weighted by Gasteiger charge is 2.06. The van der Waals surface area contributed by atoms with Crippen LogP contribution in [0.25, 0.3) is 0 Å². The third-order valence-corrected chi connectivity index (χ3v) is 3.74. The predicted octanol–water partition coefficient (Wildman–Crippen LogP) is 3.26. The summed E-state index contributed by atoms with van der Waals surface area (Å²) in [7, 11) is 0. The van der Waals surface area contributed by atoms with Crippen molar-refractivity contribution >= 4 is 33.2 Å². The Morgan fingerprint density at radius 2 is 1.96 bits per heavy atom. The van der Waals surface area contributed by atoms with Crippen LogP contribution < -0.4 is 15.9 Å². The maximum Gasteiger partial charge on any atom is 0.277 e. The number of hydrogen-bond donors (Lipinski definition) is 2. The molecule has 23 heavy (non-hydrogen) atoms. The van der Waals surface area contributed by atoms with Gasteiger partial charge in [0.25, 0.3) is 5.91 Å². The third kappa shape index (κ3) is 5.10. The molecule has 0 aromatic heterocycles. The minimum atomic E-state index is -0.327. The molecule has 5 nitrogen and oxygen atoms in total. The van der Waals surface area contributed by atoms with Gasteiger partial charge in [-0.05, 0) is 65.2 Å². The number of anilines is 1. The second kappa shape index (κ2) is 7.78. The number of hydrogen-bond acceptors (Lipinski definition) is 4. The molecule has 0 heterocycles. The fraction of sp³-hybridized carbons (Fsp3) is 0.176. The number of nitrogens with zero attached hydrogens (tertiary/aromatic N) is 1. The summed E-state index contributed by atoms with van der Waals surface area (Å²) in [6, 6.07) is 12.9. The van der Waals surface area contributed by atoms with Crippen molar-refractivity contribution in [2.75, 3.05) is 12.3 Å².